The van der Waals surface area contributed by atoms with Crippen molar-refractivity contribution in [3.63, 3.8) is 0 Å². The van der Waals surface area contributed by atoms with Crippen molar-refractivity contribution in [2.24, 2.45) is 0 Å². The van der Waals surface area contributed by atoms with Gasteiger partial charge in [0.25, 0.3) is 0 Å². The fourth-order valence-corrected chi connectivity index (χ4v) is 2.57. The summed E-state index contributed by atoms with van der Waals surface area (Å²) in [4.78, 5) is 0. The van der Waals surface area contributed by atoms with Gasteiger partial charge in [-0.15, -0.1) is 0 Å². The molecule has 2 rings (SSSR count). The van der Waals surface area contributed by atoms with Crippen LogP contribution in [0.1, 0.15) is 16.7 Å². The smallest absolute Gasteiger partial charge is 0.124 e. The van der Waals surface area contributed by atoms with E-state index in [9.17, 15) is 0 Å². The van der Waals surface area contributed by atoms with E-state index >= 15 is 0 Å². The molecule has 1 N–H and O–H groups in total. The molecule has 2 aromatic rings. The highest BCUT2D eigenvalue weighted by Gasteiger charge is 2.09. The third-order valence-corrected chi connectivity index (χ3v) is 3.36. The molecule has 19 heavy (non-hydrogen) atoms. The number of methoxy groups -OCH3 is 1. The lowest BCUT2D eigenvalue weighted by molar-refractivity contribution is 0.408. The lowest BCUT2D eigenvalue weighted by atomic mass is 9.96. The highest BCUT2D eigenvalue weighted by atomic mass is 16.5. The molecule has 0 heterocycles. The Labute approximate surface area is 115 Å². The second-order valence-electron chi connectivity index (χ2n) is 4.83. The molecule has 0 spiro atoms. The van der Waals surface area contributed by atoms with Crippen LogP contribution in [0.4, 0.5) is 0 Å². The molecule has 0 fully saturated rings. The predicted octanol–water partition coefficient (Wildman–Crippen LogP) is 3.70. The summed E-state index contributed by atoms with van der Waals surface area (Å²) in [6, 6.07) is 12.9. The summed E-state index contributed by atoms with van der Waals surface area (Å²) in [6.45, 7) is 5.06. The van der Waals surface area contributed by atoms with Crippen molar-refractivity contribution >= 4 is 0 Å². The van der Waals surface area contributed by atoms with Gasteiger partial charge in [0.2, 0.25) is 0 Å². The second-order valence-corrected chi connectivity index (χ2v) is 4.83. The Kier molecular flexibility index (Phi) is 4.23. The van der Waals surface area contributed by atoms with Crippen LogP contribution in [0.5, 0.6) is 5.75 Å². The zero-order valence-electron chi connectivity index (χ0n) is 12.1. The van der Waals surface area contributed by atoms with Crippen molar-refractivity contribution in [2.45, 2.75) is 20.4 Å². The molecule has 0 radical (unpaired) electrons. The molecule has 0 aliphatic carbocycles. The van der Waals surface area contributed by atoms with E-state index in [1.807, 2.05) is 7.05 Å². The molecule has 0 aromatic heterocycles. The summed E-state index contributed by atoms with van der Waals surface area (Å²) >= 11 is 0. The SMILES string of the molecule is CNCc1ccccc1-c1cc(C)c(OC)c(C)c1. The van der Waals surface area contributed by atoms with Crippen LogP contribution in [0, 0.1) is 13.8 Å². The fraction of sp³-hybridized carbons (Fsp3) is 0.294. The van der Waals surface area contributed by atoms with Crippen LogP contribution in [0.2, 0.25) is 0 Å². The van der Waals surface area contributed by atoms with Gasteiger partial charge in [0.15, 0.2) is 0 Å². The van der Waals surface area contributed by atoms with E-state index < -0.39 is 0 Å². The summed E-state index contributed by atoms with van der Waals surface area (Å²) in [5.74, 6) is 0.981. The van der Waals surface area contributed by atoms with Crippen molar-refractivity contribution in [3.05, 3.63) is 53.1 Å². The predicted molar refractivity (Wildman–Crippen MR) is 80.7 cm³/mol. The lowest BCUT2D eigenvalue weighted by Crippen LogP contribution is -2.06. The standard InChI is InChI=1S/C17H21NO/c1-12-9-15(10-13(2)17(12)19-4)16-8-6-5-7-14(16)11-18-3/h5-10,18H,11H2,1-4H3. The molecule has 0 aliphatic heterocycles. The van der Waals surface area contributed by atoms with Crippen LogP contribution in [-0.4, -0.2) is 14.2 Å². The monoisotopic (exact) mass is 255 g/mol. The topological polar surface area (TPSA) is 21.3 Å². The van der Waals surface area contributed by atoms with Crippen molar-refractivity contribution in [3.8, 4) is 16.9 Å². The average Bonchev–Trinajstić information content (AvgIpc) is 2.39. The number of aryl methyl sites for hydroxylation is 2. The first kappa shape index (κ1) is 13.6. The van der Waals surface area contributed by atoms with Crippen LogP contribution < -0.4 is 10.1 Å². The summed E-state index contributed by atoms with van der Waals surface area (Å²) < 4.78 is 5.43. The van der Waals surface area contributed by atoms with Crippen LogP contribution >= 0.6 is 0 Å². The van der Waals surface area contributed by atoms with Gasteiger partial charge in [-0.2, -0.15) is 0 Å². The first-order valence-electron chi connectivity index (χ1n) is 6.55. The molecular weight excluding hydrogens is 234 g/mol. The summed E-state index contributed by atoms with van der Waals surface area (Å²) in [5, 5.41) is 3.22. The Bertz CT molecular complexity index is 552. The minimum Gasteiger partial charge on any atom is -0.496 e. The molecule has 0 saturated carbocycles. The van der Waals surface area contributed by atoms with Gasteiger partial charge in [-0.3, -0.25) is 0 Å². The largest absolute Gasteiger partial charge is 0.496 e. The van der Waals surface area contributed by atoms with Gasteiger partial charge in [0, 0.05) is 6.54 Å². The highest BCUT2D eigenvalue weighted by molar-refractivity contribution is 5.70. The van der Waals surface area contributed by atoms with E-state index in [1.165, 1.54) is 27.8 Å². The summed E-state index contributed by atoms with van der Waals surface area (Å²) in [6.07, 6.45) is 0. The quantitative estimate of drug-likeness (QED) is 0.899. The first-order valence-corrected chi connectivity index (χ1v) is 6.55. The molecule has 0 aliphatic rings. The van der Waals surface area contributed by atoms with Gasteiger partial charge in [0.05, 0.1) is 7.11 Å². The number of hydrogen-bond donors (Lipinski definition) is 1. The minimum absolute atomic E-state index is 0.875. The van der Waals surface area contributed by atoms with Crippen molar-refractivity contribution < 1.29 is 4.74 Å². The molecule has 100 valence electrons. The zero-order valence-corrected chi connectivity index (χ0v) is 12.1. The van der Waals surface area contributed by atoms with Crippen LogP contribution in [0.25, 0.3) is 11.1 Å². The number of hydrogen-bond acceptors (Lipinski definition) is 2. The van der Waals surface area contributed by atoms with E-state index in [1.54, 1.807) is 7.11 Å². The van der Waals surface area contributed by atoms with Crippen molar-refractivity contribution in [1.29, 1.82) is 0 Å². The molecular formula is C17H21NO. The molecule has 0 bridgehead atoms. The Morgan fingerprint density at radius 3 is 2.26 bits per heavy atom. The van der Waals surface area contributed by atoms with Gasteiger partial charge in [-0.25, -0.2) is 0 Å². The van der Waals surface area contributed by atoms with Gasteiger partial charge in [-0.05, 0) is 60.8 Å². The maximum atomic E-state index is 5.43. The van der Waals surface area contributed by atoms with Crippen LogP contribution in [0.3, 0.4) is 0 Å². The Morgan fingerprint density at radius 1 is 1.05 bits per heavy atom. The first-order chi connectivity index (χ1) is 9.17. The second kappa shape index (κ2) is 5.89. The normalized spacial score (nSPS) is 10.5. The van der Waals surface area contributed by atoms with E-state index in [2.05, 4.69) is 55.6 Å². The number of rotatable bonds is 4. The summed E-state index contributed by atoms with van der Waals surface area (Å²) in [5.41, 5.74) is 6.20. The zero-order chi connectivity index (χ0) is 13.8. The number of benzene rings is 2. The number of nitrogens with one attached hydrogen (secondary N) is 1. The molecule has 2 aromatic carbocycles. The third-order valence-electron chi connectivity index (χ3n) is 3.36. The van der Waals surface area contributed by atoms with E-state index in [4.69, 9.17) is 4.74 Å². The molecule has 0 amide bonds. The Hall–Kier alpha value is -1.80. The average molecular weight is 255 g/mol. The molecule has 2 heteroatoms. The van der Waals surface area contributed by atoms with E-state index in [0.717, 1.165) is 12.3 Å². The Morgan fingerprint density at radius 2 is 1.68 bits per heavy atom. The Balaban J connectivity index is 2.53. The maximum Gasteiger partial charge on any atom is 0.124 e. The van der Waals surface area contributed by atoms with Crippen LogP contribution in [-0.2, 0) is 6.54 Å². The van der Waals surface area contributed by atoms with Gasteiger partial charge >= 0.3 is 0 Å². The lowest BCUT2D eigenvalue weighted by Gasteiger charge is -2.14. The highest BCUT2D eigenvalue weighted by Crippen LogP contribution is 2.31. The van der Waals surface area contributed by atoms with Crippen molar-refractivity contribution in [1.82, 2.24) is 5.32 Å². The van der Waals surface area contributed by atoms with E-state index in [0.29, 0.717) is 0 Å². The summed E-state index contributed by atoms with van der Waals surface area (Å²) in [7, 11) is 3.70. The van der Waals surface area contributed by atoms with Gasteiger partial charge < -0.3 is 10.1 Å². The fourth-order valence-electron chi connectivity index (χ4n) is 2.57. The molecule has 0 saturated heterocycles. The van der Waals surface area contributed by atoms with Crippen LogP contribution in [0.15, 0.2) is 36.4 Å². The van der Waals surface area contributed by atoms with Gasteiger partial charge in [-0.1, -0.05) is 24.3 Å². The molecule has 2 nitrogen and oxygen atoms in total. The van der Waals surface area contributed by atoms with Crippen molar-refractivity contribution in [2.75, 3.05) is 14.2 Å². The van der Waals surface area contributed by atoms with E-state index in [-0.39, 0.29) is 0 Å². The minimum atomic E-state index is 0.875. The third kappa shape index (κ3) is 2.79. The number of ether oxygens (including phenoxy) is 1. The molecule has 0 unspecified atom stereocenters. The molecule has 0 atom stereocenters. The maximum absolute atomic E-state index is 5.43. The van der Waals surface area contributed by atoms with Gasteiger partial charge in [0.1, 0.15) is 5.75 Å².